The summed E-state index contributed by atoms with van der Waals surface area (Å²) in [5.41, 5.74) is 3.17. The van der Waals surface area contributed by atoms with Gasteiger partial charge in [-0.25, -0.2) is 0 Å². The Morgan fingerprint density at radius 3 is 2.35 bits per heavy atom. The predicted molar refractivity (Wildman–Crippen MR) is 81.9 cm³/mol. The van der Waals surface area contributed by atoms with Gasteiger partial charge in [-0.1, -0.05) is 27.7 Å². The second-order valence-corrected chi connectivity index (χ2v) is 5.71. The molecule has 0 spiro atoms. The minimum Gasteiger partial charge on any atom is -0.389 e. The molecule has 0 aliphatic carbocycles. The van der Waals surface area contributed by atoms with E-state index >= 15 is 0 Å². The van der Waals surface area contributed by atoms with Gasteiger partial charge in [0.25, 0.3) is 0 Å². The zero-order valence-electron chi connectivity index (χ0n) is 13.6. The van der Waals surface area contributed by atoms with Crippen LogP contribution in [0.2, 0.25) is 0 Å². The molecule has 1 atom stereocenters. The van der Waals surface area contributed by atoms with Crippen LogP contribution in [0.5, 0.6) is 0 Å². The van der Waals surface area contributed by atoms with Gasteiger partial charge in [-0.2, -0.15) is 5.10 Å². The van der Waals surface area contributed by atoms with Gasteiger partial charge in [0.2, 0.25) is 0 Å². The second kappa shape index (κ2) is 8.42. The predicted octanol–water partition coefficient (Wildman–Crippen LogP) is 3.12. The molecule has 0 amide bonds. The number of aromatic nitrogens is 2. The lowest BCUT2D eigenvalue weighted by molar-refractivity contribution is 0.113. The van der Waals surface area contributed by atoms with Crippen LogP contribution >= 0.6 is 0 Å². The van der Waals surface area contributed by atoms with Gasteiger partial charge in [-0.15, -0.1) is 0 Å². The van der Waals surface area contributed by atoms with E-state index < -0.39 is 6.10 Å². The molecule has 1 heterocycles. The fraction of sp³-hybridized carbons (Fsp3) is 0.812. The van der Waals surface area contributed by atoms with Gasteiger partial charge in [0.15, 0.2) is 0 Å². The molecule has 0 aliphatic rings. The van der Waals surface area contributed by atoms with Gasteiger partial charge >= 0.3 is 0 Å². The van der Waals surface area contributed by atoms with Crippen LogP contribution in [-0.2, 0) is 24.1 Å². The maximum atomic E-state index is 9.95. The monoisotopic (exact) mass is 282 g/mol. The van der Waals surface area contributed by atoms with Gasteiger partial charge in [-0.3, -0.25) is 4.68 Å². The number of hydrogen-bond acceptors (Lipinski definition) is 3. The van der Waals surface area contributed by atoms with Crippen molar-refractivity contribution in [1.82, 2.24) is 9.78 Å². The Balaban J connectivity index is 2.65. The van der Waals surface area contributed by atoms with Gasteiger partial charge < -0.3 is 9.84 Å². The van der Waals surface area contributed by atoms with Crippen molar-refractivity contribution in [3.63, 3.8) is 0 Å². The first kappa shape index (κ1) is 17.2. The van der Waals surface area contributed by atoms with Crippen molar-refractivity contribution in [1.29, 1.82) is 0 Å². The highest BCUT2D eigenvalue weighted by Gasteiger charge is 2.18. The number of hydrogen-bond donors (Lipinski definition) is 1. The molecule has 1 aromatic heterocycles. The lowest BCUT2D eigenvalue weighted by Crippen LogP contribution is -2.12. The van der Waals surface area contributed by atoms with E-state index in [1.807, 2.05) is 11.6 Å². The summed E-state index contributed by atoms with van der Waals surface area (Å²) < 4.78 is 7.68. The minimum atomic E-state index is -0.449. The maximum Gasteiger partial charge on any atom is 0.0798 e. The summed E-state index contributed by atoms with van der Waals surface area (Å²) in [6.45, 7) is 12.7. The van der Waals surface area contributed by atoms with Gasteiger partial charge in [0.05, 0.1) is 24.9 Å². The molecule has 1 aromatic rings. The summed E-state index contributed by atoms with van der Waals surface area (Å²) in [5.74, 6) is 0.680. The highest BCUT2D eigenvalue weighted by molar-refractivity contribution is 5.28. The Morgan fingerprint density at radius 1 is 1.15 bits per heavy atom. The molecule has 20 heavy (non-hydrogen) atoms. The van der Waals surface area contributed by atoms with Crippen LogP contribution in [0, 0.1) is 5.92 Å². The number of aliphatic hydroxyl groups excluding tert-OH is 1. The van der Waals surface area contributed by atoms with E-state index in [-0.39, 0.29) is 0 Å². The lowest BCUT2D eigenvalue weighted by atomic mass is 10.0. The van der Waals surface area contributed by atoms with E-state index in [1.165, 1.54) is 0 Å². The third-order valence-electron chi connectivity index (χ3n) is 3.55. The smallest absolute Gasteiger partial charge is 0.0798 e. The number of rotatable bonds is 9. The number of ether oxygens (including phenoxy) is 1. The zero-order valence-corrected chi connectivity index (χ0v) is 13.6. The molecule has 0 saturated carbocycles. The summed E-state index contributed by atoms with van der Waals surface area (Å²) in [7, 11) is 0. The Labute approximate surface area is 123 Å². The third-order valence-corrected chi connectivity index (χ3v) is 3.55. The molecular formula is C16H30N2O2. The maximum absolute atomic E-state index is 9.95. The molecular weight excluding hydrogens is 252 g/mol. The first-order chi connectivity index (χ1) is 9.51. The first-order valence-electron chi connectivity index (χ1n) is 7.85. The summed E-state index contributed by atoms with van der Waals surface area (Å²) in [5, 5.41) is 14.6. The molecule has 4 nitrogen and oxygen atoms in total. The largest absolute Gasteiger partial charge is 0.389 e. The quantitative estimate of drug-likeness (QED) is 0.708. The Hall–Kier alpha value is -0.870. The molecule has 1 rings (SSSR count). The van der Waals surface area contributed by atoms with Gasteiger partial charge in [-0.05, 0) is 32.1 Å². The van der Waals surface area contributed by atoms with Crippen molar-refractivity contribution >= 4 is 0 Å². The fourth-order valence-corrected chi connectivity index (χ4v) is 2.44. The van der Waals surface area contributed by atoms with E-state index in [1.54, 1.807) is 0 Å². The number of nitrogens with zero attached hydrogens (tertiary/aromatic N) is 2. The van der Waals surface area contributed by atoms with Crippen molar-refractivity contribution in [3.8, 4) is 0 Å². The fourth-order valence-electron chi connectivity index (χ4n) is 2.44. The number of aryl methyl sites for hydroxylation is 1. The number of aliphatic hydroxyl groups is 1. The Bertz CT molecular complexity index is 397. The zero-order chi connectivity index (χ0) is 15.1. The summed E-state index contributed by atoms with van der Waals surface area (Å²) in [6, 6.07) is 0. The van der Waals surface area contributed by atoms with Crippen LogP contribution in [0.15, 0.2) is 0 Å². The molecule has 1 unspecified atom stereocenters. The highest BCUT2D eigenvalue weighted by atomic mass is 16.5. The van der Waals surface area contributed by atoms with Gasteiger partial charge in [0.1, 0.15) is 0 Å². The Morgan fingerprint density at radius 2 is 1.85 bits per heavy atom. The van der Waals surface area contributed by atoms with Crippen molar-refractivity contribution in [2.24, 2.45) is 5.92 Å². The summed E-state index contributed by atoms with van der Waals surface area (Å²) in [4.78, 5) is 0. The normalized spacial score (nSPS) is 13.2. The van der Waals surface area contributed by atoms with E-state index in [9.17, 15) is 5.11 Å². The van der Waals surface area contributed by atoms with E-state index in [2.05, 4.69) is 32.8 Å². The van der Waals surface area contributed by atoms with Crippen LogP contribution in [0.4, 0.5) is 0 Å². The molecule has 0 saturated heterocycles. The molecule has 1 N–H and O–H groups in total. The molecule has 116 valence electrons. The Kier molecular flexibility index (Phi) is 7.24. The van der Waals surface area contributed by atoms with E-state index in [0.29, 0.717) is 12.5 Å². The molecule has 0 fully saturated rings. The van der Waals surface area contributed by atoms with Crippen LogP contribution in [0.25, 0.3) is 0 Å². The topological polar surface area (TPSA) is 47.3 Å². The SMILES string of the molecule is CCc1nn(CCOCCC(C)C)c(CC)c1C(C)O. The molecule has 0 aliphatic heterocycles. The summed E-state index contributed by atoms with van der Waals surface area (Å²) in [6.07, 6.45) is 2.39. The average molecular weight is 282 g/mol. The molecule has 0 bridgehead atoms. The van der Waals surface area contributed by atoms with Crippen LogP contribution < -0.4 is 0 Å². The first-order valence-corrected chi connectivity index (χ1v) is 7.85. The van der Waals surface area contributed by atoms with Crippen molar-refractivity contribution in [2.45, 2.75) is 66.5 Å². The average Bonchev–Trinajstić information content (AvgIpc) is 2.75. The van der Waals surface area contributed by atoms with Crippen LogP contribution in [-0.4, -0.2) is 28.1 Å². The molecule has 4 heteroatoms. The third kappa shape index (κ3) is 4.60. The van der Waals surface area contributed by atoms with E-state index in [0.717, 1.165) is 49.4 Å². The second-order valence-electron chi connectivity index (χ2n) is 5.71. The summed E-state index contributed by atoms with van der Waals surface area (Å²) >= 11 is 0. The minimum absolute atomic E-state index is 0.449. The van der Waals surface area contributed by atoms with Crippen molar-refractivity contribution in [2.75, 3.05) is 13.2 Å². The van der Waals surface area contributed by atoms with Gasteiger partial charge in [0, 0.05) is 17.9 Å². The van der Waals surface area contributed by atoms with Crippen molar-refractivity contribution < 1.29 is 9.84 Å². The lowest BCUT2D eigenvalue weighted by Gasteiger charge is -2.10. The van der Waals surface area contributed by atoms with E-state index in [4.69, 9.17) is 4.74 Å². The standard InChI is InChI=1S/C16H30N2O2/c1-6-14-16(13(5)19)15(7-2)18(17-14)9-11-20-10-8-12(3)4/h12-13,19H,6-11H2,1-5H3. The van der Waals surface area contributed by atoms with Crippen LogP contribution in [0.3, 0.4) is 0 Å². The molecule has 0 aromatic carbocycles. The van der Waals surface area contributed by atoms with Crippen LogP contribution in [0.1, 0.15) is 64.1 Å². The van der Waals surface area contributed by atoms with Crippen molar-refractivity contribution in [3.05, 3.63) is 17.0 Å². The molecule has 0 radical (unpaired) electrons. The highest BCUT2D eigenvalue weighted by Crippen LogP contribution is 2.23.